The van der Waals surface area contributed by atoms with Crippen molar-refractivity contribution >= 4 is 40.2 Å². The van der Waals surface area contributed by atoms with E-state index in [4.69, 9.17) is 5.11 Å². The summed E-state index contributed by atoms with van der Waals surface area (Å²) in [5, 5.41) is 24.5. The lowest BCUT2D eigenvalue weighted by atomic mass is 9.95. The number of carboxylic acid groups (broad SMARTS) is 1. The van der Waals surface area contributed by atoms with Crippen LogP contribution < -0.4 is 5.32 Å². The predicted molar refractivity (Wildman–Crippen MR) is 113 cm³/mol. The van der Waals surface area contributed by atoms with E-state index in [0.29, 0.717) is 16.8 Å². The first-order valence-electron chi connectivity index (χ1n) is 8.85. The minimum atomic E-state index is -1.05. The van der Waals surface area contributed by atoms with Gasteiger partial charge in [0.2, 0.25) is 0 Å². The molecule has 0 bridgehead atoms. The van der Waals surface area contributed by atoms with Crippen LogP contribution in [0.2, 0.25) is 0 Å². The van der Waals surface area contributed by atoms with Crippen molar-refractivity contribution in [2.24, 2.45) is 11.1 Å². The third-order valence-electron chi connectivity index (χ3n) is 4.16. The zero-order valence-electron chi connectivity index (χ0n) is 16.1. The fourth-order valence-corrected chi connectivity index (χ4v) is 3.38. The highest BCUT2D eigenvalue weighted by Gasteiger charge is 2.23. The van der Waals surface area contributed by atoms with Crippen LogP contribution in [0.1, 0.15) is 34.8 Å². The number of carbonyl (C=O) groups is 3. The maximum absolute atomic E-state index is 12.3. The molecule has 8 heteroatoms. The highest BCUT2D eigenvalue weighted by atomic mass is 32.2. The normalized spacial score (nSPS) is 12.3. The zero-order chi connectivity index (χ0) is 21.4. The van der Waals surface area contributed by atoms with Crippen molar-refractivity contribution in [3.63, 3.8) is 0 Å². The first-order valence-corrected chi connectivity index (χ1v) is 9.84. The molecule has 0 saturated carbocycles. The van der Waals surface area contributed by atoms with E-state index < -0.39 is 11.9 Å². The summed E-state index contributed by atoms with van der Waals surface area (Å²) in [6.07, 6.45) is -0.272. The number of oxime groups is 1. The van der Waals surface area contributed by atoms with Gasteiger partial charge in [-0.1, -0.05) is 46.7 Å². The number of amides is 1. The van der Waals surface area contributed by atoms with Crippen LogP contribution in [-0.2, 0) is 9.59 Å². The molecule has 29 heavy (non-hydrogen) atoms. The van der Waals surface area contributed by atoms with Crippen molar-refractivity contribution in [2.45, 2.75) is 20.3 Å². The van der Waals surface area contributed by atoms with Crippen LogP contribution in [0, 0.1) is 12.8 Å². The van der Waals surface area contributed by atoms with Crippen molar-refractivity contribution < 1.29 is 24.7 Å². The van der Waals surface area contributed by atoms with E-state index in [2.05, 4.69) is 10.5 Å². The van der Waals surface area contributed by atoms with Gasteiger partial charge in [0.15, 0.2) is 5.12 Å². The topological polar surface area (TPSA) is 116 Å². The Bertz CT molecular complexity index is 908. The van der Waals surface area contributed by atoms with Crippen molar-refractivity contribution in [1.29, 1.82) is 0 Å². The summed E-state index contributed by atoms with van der Waals surface area (Å²) < 4.78 is 0. The van der Waals surface area contributed by atoms with Gasteiger partial charge in [-0.2, -0.15) is 0 Å². The Hall–Kier alpha value is -3.13. The number of rotatable bonds is 8. The van der Waals surface area contributed by atoms with Crippen molar-refractivity contribution in [2.75, 3.05) is 11.1 Å². The fourth-order valence-electron chi connectivity index (χ4n) is 2.67. The number of anilines is 1. The molecule has 0 aliphatic heterocycles. The molecule has 1 amide bonds. The quantitative estimate of drug-likeness (QED) is 0.344. The molecule has 1 atom stereocenters. The standard InChI is InChI=1S/C21H22N2O5S/c1-13-3-5-16(6-4-13)21(27)22-18-9-7-15(8-10-18)20(23-28)17(11-19(25)26)12-29-14(2)24/h3-10,17,28H,11-12H2,1-2H3,(H,22,27)(H,25,26). The van der Waals surface area contributed by atoms with E-state index in [1.54, 1.807) is 36.4 Å². The van der Waals surface area contributed by atoms with E-state index in [-0.39, 0.29) is 28.9 Å². The summed E-state index contributed by atoms with van der Waals surface area (Å²) >= 11 is 0.979. The third kappa shape index (κ3) is 6.76. The highest BCUT2D eigenvalue weighted by molar-refractivity contribution is 8.13. The molecule has 2 aromatic rings. The van der Waals surface area contributed by atoms with Gasteiger partial charge in [-0.25, -0.2) is 0 Å². The maximum Gasteiger partial charge on any atom is 0.304 e. The smallest absolute Gasteiger partial charge is 0.304 e. The molecule has 152 valence electrons. The lowest BCUT2D eigenvalue weighted by Crippen LogP contribution is -2.22. The molecule has 0 radical (unpaired) electrons. The van der Waals surface area contributed by atoms with Crippen molar-refractivity contribution in [3.05, 3.63) is 65.2 Å². The maximum atomic E-state index is 12.3. The number of hydrogen-bond donors (Lipinski definition) is 3. The molecular weight excluding hydrogens is 392 g/mol. The molecule has 0 aromatic heterocycles. The molecule has 7 nitrogen and oxygen atoms in total. The summed E-state index contributed by atoms with van der Waals surface area (Å²) in [5.74, 6) is -1.76. The number of nitrogens with one attached hydrogen (secondary N) is 1. The molecule has 0 aliphatic carbocycles. The van der Waals surface area contributed by atoms with Crippen LogP contribution in [-0.4, -0.2) is 38.8 Å². The first-order chi connectivity index (χ1) is 13.8. The Morgan fingerprint density at radius 1 is 1.03 bits per heavy atom. The van der Waals surface area contributed by atoms with E-state index in [0.717, 1.165) is 17.3 Å². The largest absolute Gasteiger partial charge is 0.481 e. The molecule has 0 heterocycles. The Morgan fingerprint density at radius 2 is 1.62 bits per heavy atom. The van der Waals surface area contributed by atoms with E-state index >= 15 is 0 Å². The lowest BCUT2D eigenvalue weighted by molar-refractivity contribution is -0.137. The first kappa shape index (κ1) is 22.2. The molecule has 2 rings (SSSR count). The van der Waals surface area contributed by atoms with Gasteiger partial charge in [0.05, 0.1) is 12.1 Å². The number of carbonyl (C=O) groups excluding carboxylic acids is 2. The number of benzene rings is 2. The minimum absolute atomic E-state index is 0.146. The van der Waals surface area contributed by atoms with Gasteiger partial charge in [-0.15, -0.1) is 0 Å². The molecule has 0 fully saturated rings. The second-order valence-corrected chi connectivity index (χ2v) is 7.68. The van der Waals surface area contributed by atoms with Crippen LogP contribution >= 0.6 is 11.8 Å². The number of carboxylic acids is 1. The van der Waals surface area contributed by atoms with E-state index in [9.17, 15) is 19.6 Å². The Kier molecular flexibility index (Phi) is 7.97. The van der Waals surface area contributed by atoms with Crippen LogP contribution in [0.25, 0.3) is 0 Å². The predicted octanol–water partition coefficient (Wildman–Crippen LogP) is 3.80. The molecule has 0 saturated heterocycles. The fraction of sp³-hybridized carbons (Fsp3) is 0.238. The van der Waals surface area contributed by atoms with Gasteiger partial charge in [0.25, 0.3) is 5.91 Å². The Morgan fingerprint density at radius 3 is 2.14 bits per heavy atom. The van der Waals surface area contributed by atoms with E-state index in [1.807, 2.05) is 19.1 Å². The SMILES string of the molecule is CC(=O)SCC(CC(=O)O)C(=NO)c1ccc(NC(=O)c2ccc(C)cc2)cc1. The molecule has 1 unspecified atom stereocenters. The Balaban J connectivity index is 2.14. The zero-order valence-corrected chi connectivity index (χ0v) is 16.9. The van der Waals surface area contributed by atoms with Crippen LogP contribution in [0.15, 0.2) is 53.7 Å². The minimum Gasteiger partial charge on any atom is -0.481 e. The number of aryl methyl sites for hydroxylation is 1. The second-order valence-electron chi connectivity index (χ2n) is 6.48. The van der Waals surface area contributed by atoms with Crippen LogP contribution in [0.4, 0.5) is 5.69 Å². The number of nitrogens with zero attached hydrogens (tertiary/aromatic N) is 1. The highest BCUT2D eigenvalue weighted by Crippen LogP contribution is 2.21. The molecule has 0 aliphatic rings. The summed E-state index contributed by atoms with van der Waals surface area (Å²) in [5.41, 5.74) is 2.82. The van der Waals surface area contributed by atoms with Gasteiger partial charge in [-0.3, -0.25) is 14.4 Å². The Labute approximate surface area is 172 Å². The van der Waals surface area contributed by atoms with E-state index in [1.165, 1.54) is 6.92 Å². The summed E-state index contributed by atoms with van der Waals surface area (Å²) in [4.78, 5) is 34.7. The van der Waals surface area contributed by atoms with Crippen LogP contribution in [0.3, 0.4) is 0 Å². The number of thioether (sulfide) groups is 1. The second kappa shape index (κ2) is 10.4. The molecule has 0 spiro atoms. The van der Waals surface area contributed by atoms with Crippen molar-refractivity contribution in [3.8, 4) is 0 Å². The summed E-state index contributed by atoms with van der Waals surface area (Å²) in [6.45, 7) is 3.33. The van der Waals surface area contributed by atoms with Gasteiger partial charge >= 0.3 is 5.97 Å². The average Bonchev–Trinajstić information content (AvgIpc) is 2.67. The number of aliphatic carboxylic acids is 1. The van der Waals surface area contributed by atoms with Crippen LogP contribution in [0.5, 0.6) is 0 Å². The number of hydrogen-bond acceptors (Lipinski definition) is 6. The van der Waals surface area contributed by atoms with Gasteiger partial charge in [0.1, 0.15) is 0 Å². The van der Waals surface area contributed by atoms with Gasteiger partial charge in [-0.05, 0) is 36.8 Å². The van der Waals surface area contributed by atoms with Gasteiger partial charge in [0, 0.05) is 29.8 Å². The molecular formula is C21H22N2O5S. The van der Waals surface area contributed by atoms with Crippen molar-refractivity contribution in [1.82, 2.24) is 0 Å². The average molecular weight is 414 g/mol. The molecule has 2 aromatic carbocycles. The summed E-state index contributed by atoms with van der Waals surface area (Å²) in [7, 11) is 0. The van der Waals surface area contributed by atoms with Gasteiger partial charge < -0.3 is 15.6 Å². The molecule has 3 N–H and O–H groups in total. The third-order valence-corrected chi connectivity index (χ3v) is 5.13. The summed E-state index contributed by atoms with van der Waals surface area (Å²) in [6, 6.07) is 13.7. The monoisotopic (exact) mass is 414 g/mol. The lowest BCUT2D eigenvalue weighted by Gasteiger charge is -2.16.